The van der Waals surface area contributed by atoms with Crippen molar-refractivity contribution in [3.63, 3.8) is 0 Å². The lowest BCUT2D eigenvalue weighted by Gasteiger charge is -2.35. The Kier molecular flexibility index (Phi) is 4.47. The Bertz CT molecular complexity index is 1060. The van der Waals surface area contributed by atoms with Crippen molar-refractivity contribution in [1.29, 1.82) is 0 Å². The zero-order valence-corrected chi connectivity index (χ0v) is 15.6. The molecule has 0 spiro atoms. The van der Waals surface area contributed by atoms with E-state index in [0.717, 1.165) is 44.4 Å². The van der Waals surface area contributed by atoms with Gasteiger partial charge in [-0.2, -0.15) is 5.10 Å². The monoisotopic (exact) mass is 370 g/mol. The van der Waals surface area contributed by atoms with E-state index in [1.165, 1.54) is 16.3 Å². The second kappa shape index (κ2) is 7.40. The normalized spacial score (nSPS) is 15.2. The van der Waals surface area contributed by atoms with Crippen molar-refractivity contribution in [2.45, 2.75) is 6.54 Å². The zero-order chi connectivity index (χ0) is 18.8. The van der Waals surface area contributed by atoms with Crippen LogP contribution in [0.15, 0.2) is 73.3 Å². The molecule has 0 bridgehead atoms. The third-order valence-corrected chi connectivity index (χ3v) is 5.35. The van der Waals surface area contributed by atoms with E-state index in [4.69, 9.17) is 0 Å². The van der Waals surface area contributed by atoms with Crippen LogP contribution >= 0.6 is 0 Å². The lowest BCUT2D eigenvalue weighted by Crippen LogP contribution is -2.46. The maximum Gasteiger partial charge on any atom is 0.158 e. The highest BCUT2D eigenvalue weighted by molar-refractivity contribution is 5.85. The Morgan fingerprint density at radius 2 is 1.64 bits per heavy atom. The maximum absolute atomic E-state index is 4.48. The van der Waals surface area contributed by atoms with E-state index < -0.39 is 0 Å². The Morgan fingerprint density at radius 1 is 0.821 bits per heavy atom. The molecule has 0 aliphatic carbocycles. The van der Waals surface area contributed by atoms with Gasteiger partial charge < -0.3 is 4.90 Å². The van der Waals surface area contributed by atoms with Gasteiger partial charge in [0.25, 0.3) is 0 Å². The summed E-state index contributed by atoms with van der Waals surface area (Å²) in [5.74, 6) is 1.76. The highest BCUT2D eigenvalue weighted by Crippen LogP contribution is 2.21. The van der Waals surface area contributed by atoms with Gasteiger partial charge in [-0.1, -0.05) is 42.5 Å². The third kappa shape index (κ3) is 3.34. The molecule has 140 valence electrons. The molecule has 6 heteroatoms. The molecule has 0 atom stereocenters. The Balaban J connectivity index is 1.27. The number of nitrogens with zero attached hydrogens (tertiary/aromatic N) is 6. The number of aromatic nitrogens is 4. The van der Waals surface area contributed by atoms with Crippen molar-refractivity contribution in [1.82, 2.24) is 24.6 Å². The number of anilines is 1. The van der Waals surface area contributed by atoms with E-state index >= 15 is 0 Å². The molecule has 1 fully saturated rings. The smallest absolute Gasteiger partial charge is 0.158 e. The molecule has 0 N–H and O–H groups in total. The molecule has 1 aliphatic rings. The third-order valence-electron chi connectivity index (χ3n) is 5.35. The quantitative estimate of drug-likeness (QED) is 0.552. The summed E-state index contributed by atoms with van der Waals surface area (Å²) in [5.41, 5.74) is 1.40. The van der Waals surface area contributed by atoms with E-state index in [0.29, 0.717) is 0 Å². The largest absolute Gasteiger partial charge is 0.354 e. The van der Waals surface area contributed by atoms with Crippen LogP contribution in [0.2, 0.25) is 0 Å². The molecular formula is C22H22N6. The van der Waals surface area contributed by atoms with Crippen LogP contribution in [0.1, 0.15) is 5.56 Å². The first kappa shape index (κ1) is 16.9. The van der Waals surface area contributed by atoms with E-state index in [1.807, 2.05) is 18.3 Å². The maximum atomic E-state index is 4.48. The highest BCUT2D eigenvalue weighted by Gasteiger charge is 2.19. The van der Waals surface area contributed by atoms with E-state index in [9.17, 15) is 0 Å². The van der Waals surface area contributed by atoms with Crippen molar-refractivity contribution in [3.05, 3.63) is 78.9 Å². The molecule has 0 unspecified atom stereocenters. The molecule has 1 aliphatic heterocycles. The average molecular weight is 370 g/mol. The van der Waals surface area contributed by atoms with Crippen molar-refractivity contribution < 1.29 is 0 Å². The number of rotatable bonds is 4. The summed E-state index contributed by atoms with van der Waals surface area (Å²) in [6, 6.07) is 19.1. The molecule has 1 saturated heterocycles. The van der Waals surface area contributed by atoms with Crippen LogP contribution in [0.5, 0.6) is 0 Å². The minimum atomic E-state index is 0.799. The summed E-state index contributed by atoms with van der Waals surface area (Å²) in [7, 11) is 0. The number of piperazine rings is 1. The summed E-state index contributed by atoms with van der Waals surface area (Å²) in [5, 5.41) is 6.92. The summed E-state index contributed by atoms with van der Waals surface area (Å²) in [6.07, 6.45) is 5.27. The Hall–Kier alpha value is -3.25. The van der Waals surface area contributed by atoms with Gasteiger partial charge in [0.05, 0.1) is 0 Å². The van der Waals surface area contributed by atoms with Crippen LogP contribution in [0, 0.1) is 0 Å². The fourth-order valence-corrected chi connectivity index (χ4v) is 3.85. The van der Waals surface area contributed by atoms with Crippen LogP contribution in [0.4, 0.5) is 5.82 Å². The van der Waals surface area contributed by atoms with Crippen molar-refractivity contribution in [2.24, 2.45) is 0 Å². The van der Waals surface area contributed by atoms with Gasteiger partial charge in [-0.3, -0.25) is 4.90 Å². The lowest BCUT2D eigenvalue weighted by atomic mass is 10.0. The predicted octanol–water partition coefficient (Wildman–Crippen LogP) is 3.14. The fourth-order valence-electron chi connectivity index (χ4n) is 3.85. The van der Waals surface area contributed by atoms with E-state index in [-0.39, 0.29) is 0 Å². The molecular weight excluding hydrogens is 348 g/mol. The molecule has 2 aromatic carbocycles. The minimum absolute atomic E-state index is 0.799. The molecule has 0 radical (unpaired) electrons. The standard InChI is InChI=1S/C22H22N6/c1-2-8-20-18(5-1)6-3-7-19(20)16-26-11-13-27(14-12-26)21-15-22(24-17-23-21)28-10-4-9-25-28/h1-10,15,17H,11-14,16H2. The molecule has 6 nitrogen and oxygen atoms in total. The zero-order valence-electron chi connectivity index (χ0n) is 15.6. The Morgan fingerprint density at radius 3 is 2.50 bits per heavy atom. The van der Waals surface area contributed by atoms with Gasteiger partial charge in [-0.25, -0.2) is 14.6 Å². The minimum Gasteiger partial charge on any atom is -0.354 e. The van der Waals surface area contributed by atoms with Gasteiger partial charge in [0.15, 0.2) is 5.82 Å². The molecule has 0 amide bonds. The van der Waals surface area contributed by atoms with Crippen LogP contribution < -0.4 is 4.90 Å². The fraction of sp³-hybridized carbons (Fsp3) is 0.227. The number of hydrogen-bond donors (Lipinski definition) is 0. The molecule has 4 aromatic rings. The van der Waals surface area contributed by atoms with Gasteiger partial charge in [-0.05, 0) is 22.4 Å². The van der Waals surface area contributed by atoms with Crippen LogP contribution in [-0.2, 0) is 6.54 Å². The van der Waals surface area contributed by atoms with Gasteiger partial charge in [-0.15, -0.1) is 0 Å². The first-order chi connectivity index (χ1) is 13.9. The first-order valence-corrected chi connectivity index (χ1v) is 9.63. The van der Waals surface area contributed by atoms with E-state index in [2.05, 4.69) is 67.3 Å². The highest BCUT2D eigenvalue weighted by atomic mass is 15.3. The summed E-state index contributed by atoms with van der Waals surface area (Å²) < 4.78 is 1.77. The van der Waals surface area contributed by atoms with Crippen LogP contribution in [0.3, 0.4) is 0 Å². The molecule has 28 heavy (non-hydrogen) atoms. The van der Waals surface area contributed by atoms with Crippen molar-refractivity contribution in [3.8, 4) is 5.82 Å². The molecule has 3 heterocycles. The second-order valence-electron chi connectivity index (χ2n) is 7.09. The number of fused-ring (bicyclic) bond motifs is 1. The topological polar surface area (TPSA) is 50.1 Å². The summed E-state index contributed by atoms with van der Waals surface area (Å²) >= 11 is 0. The Labute approximate surface area is 164 Å². The first-order valence-electron chi connectivity index (χ1n) is 9.63. The molecule has 2 aromatic heterocycles. The molecule has 0 saturated carbocycles. The molecule has 5 rings (SSSR count). The van der Waals surface area contributed by atoms with Gasteiger partial charge in [0.2, 0.25) is 0 Å². The average Bonchev–Trinajstić information content (AvgIpc) is 3.30. The number of hydrogen-bond acceptors (Lipinski definition) is 5. The predicted molar refractivity (Wildman–Crippen MR) is 111 cm³/mol. The second-order valence-corrected chi connectivity index (χ2v) is 7.09. The van der Waals surface area contributed by atoms with Gasteiger partial charge >= 0.3 is 0 Å². The van der Waals surface area contributed by atoms with Crippen molar-refractivity contribution in [2.75, 3.05) is 31.1 Å². The number of benzene rings is 2. The SMILES string of the molecule is c1ccc2c(CN3CCN(c4cc(-n5cccn5)ncn4)CC3)cccc2c1. The van der Waals surface area contributed by atoms with Crippen LogP contribution in [0.25, 0.3) is 16.6 Å². The van der Waals surface area contributed by atoms with Gasteiger partial charge in [0, 0.05) is 51.2 Å². The van der Waals surface area contributed by atoms with Gasteiger partial charge in [0.1, 0.15) is 12.1 Å². The van der Waals surface area contributed by atoms with Crippen molar-refractivity contribution >= 4 is 16.6 Å². The van der Waals surface area contributed by atoms with E-state index in [1.54, 1.807) is 17.2 Å². The lowest BCUT2D eigenvalue weighted by molar-refractivity contribution is 0.250. The summed E-state index contributed by atoms with van der Waals surface area (Å²) in [6.45, 7) is 4.94. The van der Waals surface area contributed by atoms with Crippen LogP contribution in [-0.4, -0.2) is 50.8 Å². The summed E-state index contributed by atoms with van der Waals surface area (Å²) in [4.78, 5) is 13.7.